The first-order valence-electron chi connectivity index (χ1n) is 7.72. The molecule has 1 nitrogen and oxygen atoms in total. The second-order valence-electron chi connectivity index (χ2n) is 6.17. The zero-order valence-electron chi connectivity index (χ0n) is 11.6. The monoisotopic (exact) mass is 252 g/mol. The molecule has 0 atom stereocenters. The van der Waals surface area contributed by atoms with E-state index < -0.39 is 0 Å². The number of hydrogen-bond acceptors (Lipinski definition) is 1. The number of rotatable bonds is 2. The summed E-state index contributed by atoms with van der Waals surface area (Å²) < 4.78 is 0. The molecular weight excluding hydrogens is 230 g/mol. The van der Waals surface area contributed by atoms with E-state index in [0.717, 1.165) is 17.4 Å². The van der Waals surface area contributed by atoms with Gasteiger partial charge in [-0.05, 0) is 55.2 Å². The van der Waals surface area contributed by atoms with Crippen molar-refractivity contribution < 1.29 is 0 Å². The van der Waals surface area contributed by atoms with E-state index >= 15 is 0 Å². The lowest BCUT2D eigenvalue weighted by Crippen LogP contribution is -2.19. The summed E-state index contributed by atoms with van der Waals surface area (Å²) in [5.41, 5.74) is 2.13. The van der Waals surface area contributed by atoms with E-state index in [0.29, 0.717) is 0 Å². The maximum absolute atomic E-state index is 8.84. The summed E-state index contributed by atoms with van der Waals surface area (Å²) in [5, 5.41) is 8.84. The highest BCUT2D eigenvalue weighted by Crippen LogP contribution is 2.43. The molecule has 1 aromatic carbocycles. The summed E-state index contributed by atoms with van der Waals surface area (Å²) >= 11 is 0. The fourth-order valence-corrected chi connectivity index (χ4v) is 3.96. The first kappa shape index (κ1) is 12.7. The number of hydrogen-bond donors (Lipinski definition) is 0. The summed E-state index contributed by atoms with van der Waals surface area (Å²) in [5.74, 6) is 3.63. The van der Waals surface area contributed by atoms with E-state index in [1.807, 2.05) is 12.1 Å². The van der Waals surface area contributed by atoms with Crippen molar-refractivity contribution in [3.8, 4) is 6.07 Å². The summed E-state index contributed by atoms with van der Waals surface area (Å²) in [6.45, 7) is 0. The number of benzene rings is 1. The van der Waals surface area contributed by atoms with Crippen LogP contribution in [0.2, 0.25) is 0 Å². The second-order valence-corrected chi connectivity index (χ2v) is 6.17. The first-order chi connectivity index (χ1) is 9.36. The largest absolute Gasteiger partial charge is 0.192 e. The smallest absolute Gasteiger partial charge is 0.0991 e. The predicted molar refractivity (Wildman–Crippen MR) is 77.4 cm³/mol. The molecule has 3 rings (SSSR count). The van der Waals surface area contributed by atoms with Gasteiger partial charge in [-0.1, -0.05) is 37.8 Å². The molecule has 0 saturated heterocycles. The van der Waals surface area contributed by atoms with Crippen LogP contribution < -0.4 is 0 Å². The Morgan fingerprint density at radius 3 is 2.00 bits per heavy atom. The second kappa shape index (κ2) is 5.78. The van der Waals surface area contributed by atoms with Gasteiger partial charge in [0.1, 0.15) is 0 Å². The van der Waals surface area contributed by atoms with E-state index in [4.69, 9.17) is 5.26 Å². The first-order valence-corrected chi connectivity index (χ1v) is 7.72. The zero-order chi connectivity index (χ0) is 13.1. The van der Waals surface area contributed by atoms with E-state index in [1.165, 1.54) is 56.9 Å². The highest BCUT2D eigenvalue weighted by Gasteiger charge is 2.29. The van der Waals surface area contributed by atoms with Crippen molar-refractivity contribution in [2.24, 2.45) is 11.8 Å². The molecule has 0 bridgehead atoms. The molecule has 99 valence electrons. The molecule has 1 aromatic rings. The van der Waals surface area contributed by atoms with E-state index in [1.54, 1.807) is 5.92 Å². The Kier molecular flexibility index (Phi) is 3.87. The van der Waals surface area contributed by atoms with Crippen LogP contribution in [-0.2, 0) is 0 Å². The van der Waals surface area contributed by atoms with Crippen molar-refractivity contribution in [2.45, 2.75) is 51.4 Å². The van der Waals surface area contributed by atoms with Crippen LogP contribution in [0.15, 0.2) is 24.3 Å². The van der Waals surface area contributed by atoms with Crippen molar-refractivity contribution in [2.75, 3.05) is 0 Å². The van der Waals surface area contributed by atoms with Gasteiger partial charge in [0.25, 0.3) is 0 Å². The minimum Gasteiger partial charge on any atom is -0.192 e. The molecule has 0 spiro atoms. The Bertz CT molecular complexity index is 440. The van der Waals surface area contributed by atoms with E-state index in [9.17, 15) is 0 Å². The average molecular weight is 252 g/mol. The van der Waals surface area contributed by atoms with Crippen LogP contribution >= 0.6 is 0 Å². The maximum atomic E-state index is 8.84. The molecule has 2 fully saturated rings. The summed E-state index contributed by atoms with van der Waals surface area (Å²) in [6, 6.07) is 10.3. The normalized spacial score (nSPS) is 22.5. The molecule has 0 aliphatic heterocycles. The molecule has 19 heavy (non-hydrogen) atoms. The lowest BCUT2D eigenvalue weighted by molar-refractivity contribution is 0.267. The molecule has 0 unspecified atom stereocenters. The van der Waals surface area contributed by atoms with Crippen LogP contribution in [0.4, 0.5) is 0 Å². The van der Waals surface area contributed by atoms with Crippen molar-refractivity contribution in [1.82, 2.24) is 0 Å². The third kappa shape index (κ3) is 2.84. The van der Waals surface area contributed by atoms with Gasteiger partial charge in [-0.15, -0.1) is 0 Å². The van der Waals surface area contributed by atoms with Gasteiger partial charge in [0.05, 0.1) is 11.6 Å². The zero-order valence-corrected chi connectivity index (χ0v) is 11.6. The van der Waals surface area contributed by atoms with Gasteiger partial charge < -0.3 is 0 Å². The van der Waals surface area contributed by atoms with Gasteiger partial charge >= 0.3 is 0 Å². The van der Waals surface area contributed by atoms with Crippen molar-refractivity contribution >= 4 is 0 Å². The third-order valence-corrected chi connectivity index (χ3v) is 5.12. The Morgan fingerprint density at radius 2 is 1.42 bits per heavy atom. The van der Waals surface area contributed by atoms with E-state index in [2.05, 4.69) is 18.2 Å². The lowest BCUT2D eigenvalue weighted by atomic mass is 9.73. The molecule has 2 aliphatic carbocycles. The van der Waals surface area contributed by atoms with Gasteiger partial charge in [-0.25, -0.2) is 0 Å². The fourth-order valence-electron chi connectivity index (χ4n) is 3.96. The van der Waals surface area contributed by atoms with Gasteiger partial charge in [0, 0.05) is 5.92 Å². The lowest BCUT2D eigenvalue weighted by Gasteiger charge is -2.32. The van der Waals surface area contributed by atoms with Crippen LogP contribution in [0.1, 0.15) is 62.5 Å². The molecule has 2 aliphatic rings. The van der Waals surface area contributed by atoms with Crippen LogP contribution in [0, 0.1) is 29.1 Å². The Morgan fingerprint density at radius 1 is 0.842 bits per heavy atom. The summed E-state index contributed by atoms with van der Waals surface area (Å²) in [7, 11) is 0. The van der Waals surface area contributed by atoms with E-state index in [-0.39, 0.29) is 0 Å². The number of nitriles is 1. The minimum atomic E-state index is 0.768. The maximum Gasteiger partial charge on any atom is 0.0991 e. The topological polar surface area (TPSA) is 23.8 Å². The standard InChI is InChI=1S/C18H22N/c19-13-14-5-7-16(8-6-14)18-11-9-17(10-12-18)15-3-1-2-4-15/h5-8,15,17H,1-4,9-12H2. The quantitative estimate of drug-likeness (QED) is 0.737. The Hall–Kier alpha value is -1.29. The third-order valence-electron chi connectivity index (χ3n) is 5.12. The molecule has 0 amide bonds. The molecule has 2 saturated carbocycles. The molecule has 0 N–H and O–H groups in total. The molecule has 0 heterocycles. The van der Waals surface area contributed by atoms with Crippen molar-refractivity contribution in [3.05, 3.63) is 41.3 Å². The van der Waals surface area contributed by atoms with Crippen molar-refractivity contribution in [1.29, 1.82) is 5.26 Å². The van der Waals surface area contributed by atoms with Crippen LogP contribution in [0.3, 0.4) is 0 Å². The van der Waals surface area contributed by atoms with Gasteiger partial charge in [0.2, 0.25) is 0 Å². The fraction of sp³-hybridized carbons (Fsp3) is 0.556. The van der Waals surface area contributed by atoms with Crippen LogP contribution in [0.5, 0.6) is 0 Å². The van der Waals surface area contributed by atoms with Crippen LogP contribution in [0.25, 0.3) is 0 Å². The Balaban J connectivity index is 1.58. The molecular formula is C18H22N. The molecule has 1 heteroatoms. The summed E-state index contributed by atoms with van der Waals surface area (Å²) in [4.78, 5) is 0. The average Bonchev–Trinajstić information content (AvgIpc) is 3.02. The van der Waals surface area contributed by atoms with Crippen molar-refractivity contribution in [3.63, 3.8) is 0 Å². The highest BCUT2D eigenvalue weighted by molar-refractivity contribution is 5.38. The highest BCUT2D eigenvalue weighted by atomic mass is 14.3. The Labute approximate surface area is 116 Å². The number of nitrogens with zero attached hydrogens (tertiary/aromatic N) is 1. The van der Waals surface area contributed by atoms with Crippen LogP contribution in [-0.4, -0.2) is 0 Å². The molecule has 0 aromatic heterocycles. The SMILES string of the molecule is N#Cc1ccc([C]2CCC(C3CCCC3)CC2)cc1. The van der Waals surface area contributed by atoms with Gasteiger partial charge in [-0.2, -0.15) is 5.26 Å². The van der Waals surface area contributed by atoms with Gasteiger partial charge in [0.15, 0.2) is 0 Å². The molecule has 1 radical (unpaired) electrons. The minimum absolute atomic E-state index is 0.768. The summed E-state index contributed by atoms with van der Waals surface area (Å²) in [6.07, 6.45) is 11.2. The predicted octanol–water partition coefficient (Wildman–Crippen LogP) is 4.86. The van der Waals surface area contributed by atoms with Gasteiger partial charge in [-0.3, -0.25) is 0 Å².